The van der Waals surface area contributed by atoms with E-state index in [2.05, 4.69) is 6.92 Å². The average molecular weight is 205 g/mol. The molecule has 0 radical (unpaired) electrons. The molecule has 0 fully saturated rings. The van der Waals surface area contributed by atoms with Crippen LogP contribution < -0.4 is 5.73 Å². The topological polar surface area (TPSA) is 43.1 Å². The van der Waals surface area contributed by atoms with E-state index in [9.17, 15) is 4.79 Å². The summed E-state index contributed by atoms with van der Waals surface area (Å²) in [5.74, 6) is 0.303. The summed E-state index contributed by atoms with van der Waals surface area (Å²) in [6.45, 7) is 5.98. The third-order valence-electron chi connectivity index (χ3n) is 2.81. The van der Waals surface area contributed by atoms with Gasteiger partial charge in [-0.25, -0.2) is 0 Å². The van der Waals surface area contributed by atoms with Gasteiger partial charge in [0, 0.05) is 17.2 Å². The summed E-state index contributed by atoms with van der Waals surface area (Å²) >= 11 is 0. The van der Waals surface area contributed by atoms with E-state index in [1.165, 1.54) is 0 Å². The molecule has 2 N–H and O–H groups in total. The van der Waals surface area contributed by atoms with Crippen LogP contribution in [-0.2, 0) is 0 Å². The van der Waals surface area contributed by atoms with Crippen molar-refractivity contribution in [2.75, 3.05) is 5.73 Å². The monoisotopic (exact) mass is 205 g/mol. The van der Waals surface area contributed by atoms with Crippen molar-refractivity contribution in [1.82, 2.24) is 0 Å². The molecule has 0 aliphatic rings. The highest BCUT2D eigenvalue weighted by atomic mass is 16.1. The van der Waals surface area contributed by atoms with E-state index in [0.29, 0.717) is 5.69 Å². The van der Waals surface area contributed by atoms with Gasteiger partial charge in [-0.3, -0.25) is 4.79 Å². The van der Waals surface area contributed by atoms with Gasteiger partial charge in [0.1, 0.15) is 0 Å². The maximum Gasteiger partial charge on any atom is 0.166 e. The summed E-state index contributed by atoms with van der Waals surface area (Å²) in [7, 11) is 0. The van der Waals surface area contributed by atoms with Gasteiger partial charge in [0.2, 0.25) is 0 Å². The van der Waals surface area contributed by atoms with Crippen molar-refractivity contribution in [2.24, 2.45) is 5.92 Å². The fourth-order valence-electron chi connectivity index (χ4n) is 1.75. The van der Waals surface area contributed by atoms with Crippen molar-refractivity contribution in [3.05, 3.63) is 29.3 Å². The summed E-state index contributed by atoms with van der Waals surface area (Å²) in [5, 5.41) is 0. The lowest BCUT2D eigenvalue weighted by molar-refractivity contribution is 0.0923. The molecule has 1 atom stereocenters. The van der Waals surface area contributed by atoms with Gasteiger partial charge in [0.25, 0.3) is 0 Å². The molecule has 1 unspecified atom stereocenters. The van der Waals surface area contributed by atoms with E-state index in [-0.39, 0.29) is 11.7 Å². The Morgan fingerprint density at radius 2 is 2.13 bits per heavy atom. The van der Waals surface area contributed by atoms with E-state index in [0.717, 1.165) is 24.0 Å². The van der Waals surface area contributed by atoms with Crippen LogP contribution in [0, 0.1) is 12.8 Å². The van der Waals surface area contributed by atoms with Crippen LogP contribution in [-0.4, -0.2) is 5.78 Å². The number of carbonyl (C=O) groups excluding carboxylic acids is 1. The molecule has 2 heteroatoms. The summed E-state index contributed by atoms with van der Waals surface area (Å²) in [5.41, 5.74) is 8.16. The van der Waals surface area contributed by atoms with Gasteiger partial charge in [-0.2, -0.15) is 0 Å². The number of ketones is 1. The molecule has 0 heterocycles. The van der Waals surface area contributed by atoms with Gasteiger partial charge >= 0.3 is 0 Å². The number of hydrogen-bond donors (Lipinski definition) is 1. The molecular formula is C13H19NO. The Bertz CT molecular complexity index is 358. The van der Waals surface area contributed by atoms with E-state index in [4.69, 9.17) is 5.73 Å². The predicted molar refractivity (Wildman–Crippen MR) is 64.0 cm³/mol. The number of Topliss-reactive ketones (excluding diaryl/α,β-unsaturated/α-hetero) is 1. The Morgan fingerprint density at radius 1 is 1.47 bits per heavy atom. The molecule has 0 saturated heterocycles. The van der Waals surface area contributed by atoms with Gasteiger partial charge < -0.3 is 5.73 Å². The highest BCUT2D eigenvalue weighted by Crippen LogP contribution is 2.20. The fraction of sp³-hybridized carbons (Fsp3) is 0.462. The number of anilines is 1. The number of carbonyl (C=O) groups is 1. The summed E-state index contributed by atoms with van der Waals surface area (Å²) in [6.07, 6.45) is 1.97. The van der Waals surface area contributed by atoms with Crippen molar-refractivity contribution in [1.29, 1.82) is 0 Å². The Morgan fingerprint density at radius 3 is 2.73 bits per heavy atom. The number of nitrogens with two attached hydrogens (primary N) is 1. The Hall–Kier alpha value is -1.31. The molecule has 0 aliphatic heterocycles. The number of nitrogen functional groups attached to an aromatic ring is 1. The highest BCUT2D eigenvalue weighted by Gasteiger charge is 2.16. The quantitative estimate of drug-likeness (QED) is 0.606. The zero-order valence-corrected chi connectivity index (χ0v) is 9.71. The molecule has 1 rings (SSSR count). The van der Waals surface area contributed by atoms with Gasteiger partial charge in [0.15, 0.2) is 5.78 Å². The van der Waals surface area contributed by atoms with Crippen LogP contribution in [0.15, 0.2) is 18.2 Å². The average Bonchev–Trinajstić information content (AvgIpc) is 2.21. The van der Waals surface area contributed by atoms with Crippen LogP contribution in [0.1, 0.15) is 42.6 Å². The lowest BCUT2D eigenvalue weighted by Gasteiger charge is -2.12. The van der Waals surface area contributed by atoms with Crippen LogP contribution in [0.3, 0.4) is 0 Å². The first-order chi connectivity index (χ1) is 7.07. The second-order valence-corrected chi connectivity index (χ2v) is 4.07. The predicted octanol–water partition coefficient (Wildman–Crippen LogP) is 3.20. The van der Waals surface area contributed by atoms with Gasteiger partial charge in [0.05, 0.1) is 0 Å². The highest BCUT2D eigenvalue weighted by molar-refractivity contribution is 5.99. The van der Waals surface area contributed by atoms with Crippen LogP contribution in [0.5, 0.6) is 0 Å². The first-order valence-corrected chi connectivity index (χ1v) is 5.47. The first-order valence-electron chi connectivity index (χ1n) is 5.47. The second kappa shape index (κ2) is 4.96. The fourth-order valence-corrected chi connectivity index (χ4v) is 1.75. The normalized spacial score (nSPS) is 12.5. The first kappa shape index (κ1) is 11.8. The number of benzene rings is 1. The maximum absolute atomic E-state index is 12.1. The molecule has 0 aromatic heterocycles. The zero-order chi connectivity index (χ0) is 11.4. The Labute approximate surface area is 91.5 Å². The van der Waals surface area contributed by atoms with E-state index < -0.39 is 0 Å². The minimum Gasteiger partial charge on any atom is -0.398 e. The van der Waals surface area contributed by atoms with Crippen LogP contribution in [0.25, 0.3) is 0 Å². The molecule has 0 amide bonds. The lowest BCUT2D eigenvalue weighted by atomic mass is 9.92. The third kappa shape index (κ3) is 2.58. The smallest absolute Gasteiger partial charge is 0.166 e. The summed E-state index contributed by atoms with van der Waals surface area (Å²) < 4.78 is 0. The molecule has 0 aliphatic carbocycles. The molecule has 0 saturated carbocycles. The van der Waals surface area contributed by atoms with Crippen molar-refractivity contribution in [3.63, 3.8) is 0 Å². The standard InChI is InChI=1S/C13H19NO/c1-4-6-9(2)13(15)11-7-5-8-12(14)10(11)3/h5,7-9H,4,6,14H2,1-3H3. The minimum atomic E-state index is 0.0931. The molecule has 1 aromatic carbocycles. The number of hydrogen-bond acceptors (Lipinski definition) is 2. The molecule has 82 valence electrons. The molecule has 0 spiro atoms. The third-order valence-corrected chi connectivity index (χ3v) is 2.81. The largest absolute Gasteiger partial charge is 0.398 e. The minimum absolute atomic E-state index is 0.0931. The lowest BCUT2D eigenvalue weighted by Crippen LogP contribution is -2.13. The second-order valence-electron chi connectivity index (χ2n) is 4.07. The van der Waals surface area contributed by atoms with E-state index in [1.54, 1.807) is 0 Å². The van der Waals surface area contributed by atoms with Crippen LogP contribution in [0.2, 0.25) is 0 Å². The molecule has 2 nitrogen and oxygen atoms in total. The number of rotatable bonds is 4. The SMILES string of the molecule is CCCC(C)C(=O)c1cccc(N)c1C. The van der Waals surface area contributed by atoms with Gasteiger partial charge in [-0.15, -0.1) is 0 Å². The maximum atomic E-state index is 12.1. The zero-order valence-electron chi connectivity index (χ0n) is 9.71. The van der Waals surface area contributed by atoms with Gasteiger partial charge in [-0.1, -0.05) is 32.4 Å². The Kier molecular flexibility index (Phi) is 3.89. The summed E-state index contributed by atoms with van der Waals surface area (Å²) in [6, 6.07) is 5.53. The van der Waals surface area contributed by atoms with Crippen molar-refractivity contribution in [2.45, 2.75) is 33.6 Å². The van der Waals surface area contributed by atoms with Crippen molar-refractivity contribution < 1.29 is 4.79 Å². The molecule has 1 aromatic rings. The van der Waals surface area contributed by atoms with Gasteiger partial charge in [-0.05, 0) is 25.0 Å². The van der Waals surface area contributed by atoms with Crippen LogP contribution in [0.4, 0.5) is 5.69 Å². The Balaban J connectivity index is 2.96. The molecule has 0 bridgehead atoms. The van der Waals surface area contributed by atoms with E-state index in [1.807, 2.05) is 32.0 Å². The van der Waals surface area contributed by atoms with E-state index >= 15 is 0 Å². The van der Waals surface area contributed by atoms with Crippen molar-refractivity contribution >= 4 is 11.5 Å². The molecular weight excluding hydrogens is 186 g/mol. The van der Waals surface area contributed by atoms with Crippen LogP contribution >= 0.6 is 0 Å². The summed E-state index contributed by atoms with van der Waals surface area (Å²) in [4.78, 5) is 12.1. The van der Waals surface area contributed by atoms with Crippen molar-refractivity contribution in [3.8, 4) is 0 Å². The molecule has 15 heavy (non-hydrogen) atoms.